The minimum atomic E-state index is -1.05. The van der Waals surface area contributed by atoms with Crippen LogP contribution in [0.4, 0.5) is 0 Å². The number of rotatable bonds is 6. The number of aliphatic carboxylic acids is 1. The van der Waals surface area contributed by atoms with Gasteiger partial charge in [0.05, 0.1) is 0 Å². The maximum Gasteiger partial charge on any atom is 0.318 e. The second-order valence-electron chi connectivity index (χ2n) is 6.01. The molecule has 2 aromatic rings. The summed E-state index contributed by atoms with van der Waals surface area (Å²) in [6.07, 6.45) is 0. The first-order chi connectivity index (χ1) is 10.5. The van der Waals surface area contributed by atoms with Gasteiger partial charge in [0, 0.05) is 6.54 Å². The van der Waals surface area contributed by atoms with Gasteiger partial charge < -0.3 is 10.0 Å². The molecule has 3 nitrogen and oxygen atoms in total. The first-order valence-electron chi connectivity index (χ1n) is 7.48. The van der Waals surface area contributed by atoms with Crippen LogP contribution in [0.1, 0.15) is 18.1 Å². The largest absolute Gasteiger partial charge is 0.480 e. The van der Waals surface area contributed by atoms with Crippen LogP contribution < -0.4 is 0 Å². The molecule has 0 fully saturated rings. The summed E-state index contributed by atoms with van der Waals surface area (Å²) in [7, 11) is 3.94. The zero-order valence-electron chi connectivity index (χ0n) is 13.4. The lowest BCUT2D eigenvalue weighted by Crippen LogP contribution is -2.46. The van der Waals surface area contributed by atoms with Crippen molar-refractivity contribution in [1.82, 2.24) is 4.90 Å². The Balaban J connectivity index is 2.68. The van der Waals surface area contributed by atoms with E-state index in [1.54, 1.807) is 0 Å². The third-order valence-electron chi connectivity index (χ3n) is 4.17. The Kier molecular flexibility index (Phi) is 4.99. The summed E-state index contributed by atoms with van der Waals surface area (Å²) in [5.41, 5.74) is 0.596. The third-order valence-corrected chi connectivity index (χ3v) is 4.17. The Morgan fingerprint density at radius 2 is 1.41 bits per heavy atom. The Morgan fingerprint density at radius 1 is 1.00 bits per heavy atom. The van der Waals surface area contributed by atoms with Gasteiger partial charge in [0.25, 0.3) is 0 Å². The van der Waals surface area contributed by atoms with Crippen LogP contribution in [0, 0.1) is 5.92 Å². The van der Waals surface area contributed by atoms with Crippen molar-refractivity contribution in [2.75, 3.05) is 20.6 Å². The van der Waals surface area contributed by atoms with Crippen LogP contribution in [0.3, 0.4) is 0 Å². The molecule has 1 unspecified atom stereocenters. The molecule has 0 radical (unpaired) electrons. The summed E-state index contributed by atoms with van der Waals surface area (Å²) in [4.78, 5) is 14.5. The van der Waals surface area contributed by atoms with Gasteiger partial charge in [-0.15, -0.1) is 0 Å². The number of carbonyl (C=O) groups is 1. The molecule has 22 heavy (non-hydrogen) atoms. The van der Waals surface area contributed by atoms with Crippen LogP contribution in [0.5, 0.6) is 0 Å². The summed E-state index contributed by atoms with van der Waals surface area (Å²) < 4.78 is 0. The molecule has 0 amide bonds. The molecular formula is C19H23NO2. The molecule has 0 spiro atoms. The quantitative estimate of drug-likeness (QED) is 0.889. The SMILES string of the molecule is CC(CN(C)C)C(C(=O)O)(c1ccccc1)c1ccccc1. The predicted molar refractivity (Wildman–Crippen MR) is 89.0 cm³/mol. The fourth-order valence-corrected chi connectivity index (χ4v) is 3.28. The van der Waals surface area contributed by atoms with E-state index in [2.05, 4.69) is 0 Å². The van der Waals surface area contributed by atoms with Crippen molar-refractivity contribution in [3.8, 4) is 0 Å². The van der Waals surface area contributed by atoms with Gasteiger partial charge in [-0.05, 0) is 31.1 Å². The maximum absolute atomic E-state index is 12.4. The number of hydrogen-bond donors (Lipinski definition) is 1. The monoisotopic (exact) mass is 297 g/mol. The normalized spacial score (nSPS) is 13.1. The molecule has 0 saturated carbocycles. The van der Waals surface area contributed by atoms with E-state index in [9.17, 15) is 9.90 Å². The predicted octanol–water partition coefficient (Wildman–Crippen LogP) is 3.26. The maximum atomic E-state index is 12.4. The van der Waals surface area contributed by atoms with E-state index in [0.717, 1.165) is 11.1 Å². The van der Waals surface area contributed by atoms with E-state index >= 15 is 0 Å². The van der Waals surface area contributed by atoms with Crippen LogP contribution in [0.25, 0.3) is 0 Å². The van der Waals surface area contributed by atoms with Gasteiger partial charge in [-0.3, -0.25) is 4.79 Å². The molecule has 0 heterocycles. The Morgan fingerprint density at radius 3 is 1.73 bits per heavy atom. The Hall–Kier alpha value is -2.13. The molecule has 3 heteroatoms. The molecular weight excluding hydrogens is 274 g/mol. The van der Waals surface area contributed by atoms with Crippen molar-refractivity contribution in [3.05, 3.63) is 71.8 Å². The van der Waals surface area contributed by atoms with Crippen molar-refractivity contribution in [3.63, 3.8) is 0 Å². The molecule has 2 aromatic carbocycles. The molecule has 0 aliphatic rings. The zero-order valence-corrected chi connectivity index (χ0v) is 13.4. The molecule has 0 aromatic heterocycles. The van der Waals surface area contributed by atoms with Crippen LogP contribution in [-0.4, -0.2) is 36.6 Å². The minimum Gasteiger partial charge on any atom is -0.480 e. The van der Waals surface area contributed by atoms with Gasteiger partial charge in [-0.1, -0.05) is 67.6 Å². The summed E-state index contributed by atoms with van der Waals surface area (Å²) in [6.45, 7) is 2.70. The molecule has 0 bridgehead atoms. The van der Waals surface area contributed by atoms with Crippen molar-refractivity contribution < 1.29 is 9.90 Å². The zero-order chi connectivity index (χ0) is 16.2. The van der Waals surface area contributed by atoms with Gasteiger partial charge in [-0.25, -0.2) is 0 Å². The molecule has 1 atom stereocenters. The highest BCUT2D eigenvalue weighted by Crippen LogP contribution is 2.40. The Labute approximate surface area is 132 Å². The number of hydrogen-bond acceptors (Lipinski definition) is 2. The van der Waals surface area contributed by atoms with Crippen molar-refractivity contribution in [1.29, 1.82) is 0 Å². The molecule has 2 rings (SSSR count). The van der Waals surface area contributed by atoms with Gasteiger partial charge in [-0.2, -0.15) is 0 Å². The fraction of sp³-hybridized carbons (Fsp3) is 0.316. The number of benzene rings is 2. The van der Waals surface area contributed by atoms with Gasteiger partial charge in [0.15, 0.2) is 0 Å². The van der Waals surface area contributed by atoms with Gasteiger partial charge in [0.1, 0.15) is 5.41 Å². The third kappa shape index (κ3) is 2.90. The van der Waals surface area contributed by atoms with Crippen LogP contribution >= 0.6 is 0 Å². The first-order valence-corrected chi connectivity index (χ1v) is 7.48. The van der Waals surface area contributed by atoms with E-state index in [-0.39, 0.29) is 5.92 Å². The number of carboxylic acid groups (broad SMARTS) is 1. The van der Waals surface area contributed by atoms with Gasteiger partial charge in [0.2, 0.25) is 0 Å². The fourth-order valence-electron chi connectivity index (χ4n) is 3.28. The first kappa shape index (κ1) is 16.2. The molecule has 0 aliphatic heterocycles. The van der Waals surface area contributed by atoms with E-state index < -0.39 is 11.4 Å². The van der Waals surface area contributed by atoms with E-state index in [1.807, 2.05) is 86.6 Å². The highest BCUT2D eigenvalue weighted by Gasteiger charge is 2.46. The van der Waals surface area contributed by atoms with E-state index in [1.165, 1.54) is 0 Å². The lowest BCUT2D eigenvalue weighted by molar-refractivity contribution is -0.144. The lowest BCUT2D eigenvalue weighted by Gasteiger charge is -2.37. The number of nitrogens with zero attached hydrogens (tertiary/aromatic N) is 1. The molecule has 1 N–H and O–H groups in total. The lowest BCUT2D eigenvalue weighted by atomic mass is 9.66. The van der Waals surface area contributed by atoms with Crippen LogP contribution in [0.15, 0.2) is 60.7 Å². The van der Waals surface area contributed by atoms with Crippen LogP contribution in [0.2, 0.25) is 0 Å². The molecule has 0 aliphatic carbocycles. The minimum absolute atomic E-state index is 0.0789. The summed E-state index contributed by atoms with van der Waals surface area (Å²) in [6, 6.07) is 19.1. The average molecular weight is 297 g/mol. The highest BCUT2D eigenvalue weighted by molar-refractivity contribution is 5.86. The highest BCUT2D eigenvalue weighted by atomic mass is 16.4. The second kappa shape index (κ2) is 6.75. The summed E-state index contributed by atoms with van der Waals surface area (Å²) in [5, 5.41) is 10.2. The molecule has 116 valence electrons. The smallest absolute Gasteiger partial charge is 0.318 e. The van der Waals surface area contributed by atoms with E-state index in [4.69, 9.17) is 0 Å². The standard InChI is InChI=1S/C19H23NO2/c1-15(14-20(2)3)19(18(21)22,16-10-6-4-7-11-16)17-12-8-5-9-13-17/h4-13,15H,14H2,1-3H3,(H,21,22). The number of carboxylic acids is 1. The second-order valence-corrected chi connectivity index (χ2v) is 6.01. The summed E-state index contributed by atoms with van der Waals surface area (Å²) in [5.74, 6) is -0.885. The average Bonchev–Trinajstić information content (AvgIpc) is 2.49. The van der Waals surface area contributed by atoms with Gasteiger partial charge >= 0.3 is 5.97 Å². The van der Waals surface area contributed by atoms with Crippen LogP contribution in [-0.2, 0) is 10.2 Å². The van der Waals surface area contributed by atoms with Crippen molar-refractivity contribution >= 4 is 5.97 Å². The summed E-state index contributed by atoms with van der Waals surface area (Å²) >= 11 is 0. The topological polar surface area (TPSA) is 40.5 Å². The molecule has 0 saturated heterocycles. The van der Waals surface area contributed by atoms with E-state index in [0.29, 0.717) is 6.54 Å². The van der Waals surface area contributed by atoms with Crippen molar-refractivity contribution in [2.24, 2.45) is 5.92 Å². The Bertz CT molecular complexity index is 568. The van der Waals surface area contributed by atoms with Crippen molar-refractivity contribution in [2.45, 2.75) is 12.3 Å².